The fraction of sp³-hybridized carbons (Fsp3) is 0.875. The Bertz CT molecular complexity index is 395. The fourth-order valence-electron chi connectivity index (χ4n) is 4.54. The average Bonchev–Trinajstić information content (AvgIpc) is 2.95. The number of rotatable bonds is 2. The van der Waals surface area contributed by atoms with Crippen LogP contribution < -0.4 is 5.32 Å². The van der Waals surface area contributed by atoms with Crippen molar-refractivity contribution in [1.82, 2.24) is 10.2 Å². The molecule has 1 N–H and O–H groups in total. The van der Waals surface area contributed by atoms with Crippen LogP contribution in [0, 0.1) is 5.92 Å². The second kappa shape index (κ2) is 5.38. The van der Waals surface area contributed by atoms with Gasteiger partial charge in [-0.2, -0.15) is 0 Å². The molecule has 1 aliphatic heterocycles. The van der Waals surface area contributed by atoms with E-state index in [9.17, 15) is 9.59 Å². The molecule has 3 fully saturated rings. The highest BCUT2D eigenvalue weighted by Crippen LogP contribution is 2.40. The number of hydrogen-bond acceptors (Lipinski definition) is 2. The van der Waals surface area contributed by atoms with Crippen LogP contribution in [0.15, 0.2) is 0 Å². The summed E-state index contributed by atoms with van der Waals surface area (Å²) in [4.78, 5) is 27.5. The number of carbonyl (C=O) groups is 2. The van der Waals surface area contributed by atoms with Gasteiger partial charge in [-0.15, -0.1) is 0 Å². The lowest BCUT2D eigenvalue weighted by atomic mass is 9.80. The molecule has 0 radical (unpaired) electrons. The third kappa shape index (κ3) is 2.04. The predicted molar refractivity (Wildman–Crippen MR) is 77.1 cm³/mol. The molecule has 4 heteroatoms. The van der Waals surface area contributed by atoms with Gasteiger partial charge in [-0.3, -0.25) is 9.59 Å². The normalized spacial score (nSPS) is 30.9. The second-order valence-corrected chi connectivity index (χ2v) is 6.67. The first-order valence-corrected chi connectivity index (χ1v) is 8.31. The fourth-order valence-corrected chi connectivity index (χ4v) is 4.54. The molecule has 1 saturated heterocycles. The van der Waals surface area contributed by atoms with Gasteiger partial charge in [-0.25, -0.2) is 0 Å². The van der Waals surface area contributed by atoms with Gasteiger partial charge in [0.1, 0.15) is 11.6 Å². The second-order valence-electron chi connectivity index (χ2n) is 6.67. The molecular formula is C16H26N2O2. The third-order valence-electron chi connectivity index (χ3n) is 5.63. The van der Waals surface area contributed by atoms with Crippen molar-refractivity contribution in [2.45, 2.75) is 76.3 Å². The van der Waals surface area contributed by atoms with Crippen molar-refractivity contribution in [1.29, 1.82) is 0 Å². The van der Waals surface area contributed by atoms with Crippen LogP contribution in [-0.4, -0.2) is 34.8 Å². The molecule has 0 aromatic carbocycles. The molecule has 112 valence electrons. The van der Waals surface area contributed by atoms with E-state index >= 15 is 0 Å². The van der Waals surface area contributed by atoms with Crippen LogP contribution in [0.25, 0.3) is 0 Å². The predicted octanol–water partition coefficient (Wildman–Crippen LogP) is 2.23. The van der Waals surface area contributed by atoms with Crippen LogP contribution in [0.2, 0.25) is 0 Å². The van der Waals surface area contributed by atoms with Crippen molar-refractivity contribution >= 4 is 11.8 Å². The summed E-state index contributed by atoms with van der Waals surface area (Å²) in [6, 6.07) is -0.256. The van der Waals surface area contributed by atoms with E-state index in [2.05, 4.69) is 5.32 Å². The number of carbonyl (C=O) groups excluding carboxylic acids is 2. The van der Waals surface area contributed by atoms with E-state index < -0.39 is 5.54 Å². The molecule has 1 heterocycles. The van der Waals surface area contributed by atoms with E-state index in [1.807, 2.05) is 11.8 Å². The zero-order valence-corrected chi connectivity index (χ0v) is 12.5. The van der Waals surface area contributed by atoms with Crippen LogP contribution in [-0.2, 0) is 9.59 Å². The van der Waals surface area contributed by atoms with E-state index in [1.54, 1.807) is 0 Å². The van der Waals surface area contributed by atoms with Gasteiger partial charge in [0, 0.05) is 6.54 Å². The lowest BCUT2D eigenvalue weighted by molar-refractivity contribution is -0.159. The van der Waals surface area contributed by atoms with Gasteiger partial charge in [0.15, 0.2) is 0 Å². The van der Waals surface area contributed by atoms with E-state index in [4.69, 9.17) is 0 Å². The molecule has 1 unspecified atom stereocenters. The molecule has 4 nitrogen and oxygen atoms in total. The van der Waals surface area contributed by atoms with Crippen LogP contribution in [0.1, 0.15) is 64.7 Å². The Hall–Kier alpha value is -1.06. The van der Waals surface area contributed by atoms with Gasteiger partial charge in [0.05, 0.1) is 0 Å². The van der Waals surface area contributed by atoms with Crippen LogP contribution in [0.4, 0.5) is 0 Å². The van der Waals surface area contributed by atoms with Crippen LogP contribution >= 0.6 is 0 Å². The summed E-state index contributed by atoms with van der Waals surface area (Å²) in [5, 5.41) is 3.10. The molecule has 20 heavy (non-hydrogen) atoms. The largest absolute Gasteiger partial charge is 0.342 e. The van der Waals surface area contributed by atoms with Gasteiger partial charge in [-0.05, 0) is 38.5 Å². The topological polar surface area (TPSA) is 49.4 Å². The minimum atomic E-state index is -0.517. The Morgan fingerprint density at radius 2 is 1.75 bits per heavy atom. The average molecular weight is 278 g/mol. The van der Waals surface area contributed by atoms with Crippen molar-refractivity contribution in [3.8, 4) is 0 Å². The zero-order chi connectivity index (χ0) is 14.2. The minimum Gasteiger partial charge on any atom is -0.342 e. The van der Waals surface area contributed by atoms with Crippen LogP contribution in [0.3, 0.4) is 0 Å². The van der Waals surface area contributed by atoms with E-state index in [1.165, 1.54) is 19.3 Å². The first kappa shape index (κ1) is 13.9. The summed E-state index contributed by atoms with van der Waals surface area (Å²) < 4.78 is 0. The Morgan fingerprint density at radius 1 is 1.10 bits per heavy atom. The smallest absolute Gasteiger partial charge is 0.246 e. The highest BCUT2D eigenvalue weighted by molar-refractivity contribution is 6.00. The van der Waals surface area contributed by atoms with Crippen molar-refractivity contribution < 1.29 is 9.59 Å². The first-order chi connectivity index (χ1) is 9.69. The SMILES string of the molecule is CCN1C(=O)C(C2CCCCC2)NC(=O)C12CCCC2. The first-order valence-electron chi connectivity index (χ1n) is 8.31. The molecular weight excluding hydrogens is 252 g/mol. The minimum absolute atomic E-state index is 0.118. The maximum absolute atomic E-state index is 12.9. The third-order valence-corrected chi connectivity index (χ3v) is 5.63. The molecule has 1 spiro atoms. The maximum Gasteiger partial charge on any atom is 0.246 e. The summed E-state index contributed by atoms with van der Waals surface area (Å²) in [7, 11) is 0. The summed E-state index contributed by atoms with van der Waals surface area (Å²) in [5.74, 6) is 0.654. The quantitative estimate of drug-likeness (QED) is 0.842. The molecule has 2 saturated carbocycles. The van der Waals surface area contributed by atoms with Crippen molar-refractivity contribution in [3.63, 3.8) is 0 Å². The molecule has 0 bridgehead atoms. The number of nitrogens with one attached hydrogen (secondary N) is 1. The molecule has 3 aliphatic rings. The van der Waals surface area contributed by atoms with Gasteiger partial charge in [0.25, 0.3) is 0 Å². The van der Waals surface area contributed by atoms with Gasteiger partial charge >= 0.3 is 0 Å². The Morgan fingerprint density at radius 3 is 2.35 bits per heavy atom. The van der Waals surface area contributed by atoms with Crippen molar-refractivity contribution in [2.24, 2.45) is 5.92 Å². The summed E-state index contributed by atoms with van der Waals surface area (Å²) >= 11 is 0. The van der Waals surface area contributed by atoms with E-state index in [0.717, 1.165) is 38.5 Å². The summed E-state index contributed by atoms with van der Waals surface area (Å²) in [5.41, 5.74) is -0.517. The lowest BCUT2D eigenvalue weighted by Crippen LogP contribution is -2.71. The van der Waals surface area contributed by atoms with Gasteiger partial charge in [-0.1, -0.05) is 32.1 Å². The van der Waals surface area contributed by atoms with Crippen molar-refractivity contribution in [2.75, 3.05) is 6.54 Å². The standard InChI is InChI=1S/C16H26N2O2/c1-2-18-14(19)13(12-8-4-3-5-9-12)17-15(20)16(18)10-6-7-11-16/h12-13H,2-11H2,1H3,(H,17,20). The molecule has 1 atom stereocenters. The van der Waals surface area contributed by atoms with Gasteiger partial charge in [0.2, 0.25) is 11.8 Å². The highest BCUT2D eigenvalue weighted by atomic mass is 16.2. The van der Waals surface area contributed by atoms with Crippen molar-refractivity contribution in [3.05, 3.63) is 0 Å². The van der Waals surface area contributed by atoms with E-state index in [-0.39, 0.29) is 17.9 Å². The molecule has 0 aromatic rings. The molecule has 2 amide bonds. The number of amides is 2. The highest BCUT2D eigenvalue weighted by Gasteiger charge is 2.54. The number of piperazine rings is 1. The Labute approximate surface area is 121 Å². The number of nitrogens with zero attached hydrogens (tertiary/aromatic N) is 1. The number of hydrogen-bond donors (Lipinski definition) is 1. The molecule has 3 rings (SSSR count). The lowest BCUT2D eigenvalue weighted by Gasteiger charge is -2.48. The Balaban J connectivity index is 1.83. The molecule has 2 aliphatic carbocycles. The summed E-state index contributed by atoms with van der Waals surface area (Å²) in [6.45, 7) is 2.67. The van der Waals surface area contributed by atoms with E-state index in [0.29, 0.717) is 12.5 Å². The Kier molecular flexibility index (Phi) is 3.74. The molecule has 0 aromatic heterocycles. The zero-order valence-electron chi connectivity index (χ0n) is 12.5. The van der Waals surface area contributed by atoms with Gasteiger partial charge < -0.3 is 10.2 Å². The number of likely N-dealkylation sites (N-methyl/N-ethyl adjacent to an activating group) is 1. The monoisotopic (exact) mass is 278 g/mol. The summed E-state index contributed by atoms with van der Waals surface area (Å²) in [6.07, 6.45) is 9.64. The maximum atomic E-state index is 12.9. The van der Waals surface area contributed by atoms with Crippen LogP contribution in [0.5, 0.6) is 0 Å².